The third-order valence-electron chi connectivity index (χ3n) is 3.42. The maximum Gasteiger partial charge on any atom is 0.223 e. The number of nitrogens with zero attached hydrogens (tertiary/aromatic N) is 3. The van der Waals surface area contributed by atoms with Crippen LogP contribution in [-0.2, 0) is 13.1 Å². The normalized spacial score (nSPS) is 11.5. The van der Waals surface area contributed by atoms with Crippen molar-refractivity contribution in [3.63, 3.8) is 0 Å². The minimum absolute atomic E-state index is 0.0110. The van der Waals surface area contributed by atoms with Crippen LogP contribution >= 0.6 is 0 Å². The lowest BCUT2D eigenvalue weighted by molar-refractivity contribution is 0.153. The van der Waals surface area contributed by atoms with E-state index in [9.17, 15) is 9.90 Å². The molecule has 0 aliphatic rings. The molecule has 1 aromatic rings. The summed E-state index contributed by atoms with van der Waals surface area (Å²) in [5, 5.41) is 27.8. The molecule has 7 nitrogen and oxygen atoms in total. The average Bonchev–Trinajstić information content (AvgIpc) is 2.44. The van der Waals surface area contributed by atoms with Gasteiger partial charge in [0.25, 0.3) is 0 Å². The van der Waals surface area contributed by atoms with Crippen LogP contribution in [0, 0.1) is 0 Å². The summed E-state index contributed by atoms with van der Waals surface area (Å²) in [6, 6.07) is 1.42. The predicted octanol–water partition coefficient (Wildman–Crippen LogP) is -0.708. The Bertz CT molecular complexity index is 496. The largest absolute Gasteiger partial charge is 0.503 e. The maximum absolute atomic E-state index is 11.7. The van der Waals surface area contributed by atoms with Crippen molar-refractivity contribution in [2.45, 2.75) is 19.5 Å². The van der Waals surface area contributed by atoms with Crippen molar-refractivity contribution in [2.24, 2.45) is 0 Å². The molecule has 0 bridgehead atoms. The summed E-state index contributed by atoms with van der Waals surface area (Å²) in [7, 11) is 3.99. The van der Waals surface area contributed by atoms with Crippen LogP contribution in [0.2, 0.25) is 0 Å². The van der Waals surface area contributed by atoms with Crippen molar-refractivity contribution in [3.05, 3.63) is 28.2 Å². The Labute approximate surface area is 131 Å². The Morgan fingerprint density at radius 1 is 1.14 bits per heavy atom. The Morgan fingerprint density at radius 2 is 1.77 bits per heavy atom. The first-order valence-electron chi connectivity index (χ1n) is 7.49. The third-order valence-corrected chi connectivity index (χ3v) is 3.42. The number of aromatic hydroxyl groups is 1. The smallest absolute Gasteiger partial charge is 0.223 e. The van der Waals surface area contributed by atoms with Crippen LogP contribution in [0.3, 0.4) is 0 Å². The van der Waals surface area contributed by atoms with Gasteiger partial charge in [0.1, 0.15) is 0 Å². The fourth-order valence-corrected chi connectivity index (χ4v) is 2.29. The molecular weight excluding hydrogens is 286 g/mol. The maximum atomic E-state index is 11.7. The molecule has 1 rings (SSSR count). The van der Waals surface area contributed by atoms with Crippen molar-refractivity contribution in [1.82, 2.24) is 14.4 Å². The number of hydrogen-bond acceptors (Lipinski definition) is 6. The quantitative estimate of drug-likeness (QED) is 0.529. The zero-order valence-electron chi connectivity index (χ0n) is 13.4. The lowest BCUT2D eigenvalue weighted by Gasteiger charge is -2.23. The summed E-state index contributed by atoms with van der Waals surface area (Å²) in [6.07, 6.45) is 2.35. The van der Waals surface area contributed by atoms with Gasteiger partial charge in [-0.1, -0.05) is 0 Å². The topological polar surface area (TPSA) is 89.2 Å². The molecule has 0 atom stereocenters. The molecule has 0 aromatic carbocycles. The first-order valence-corrected chi connectivity index (χ1v) is 7.49. The van der Waals surface area contributed by atoms with E-state index in [1.54, 1.807) is 0 Å². The van der Waals surface area contributed by atoms with Gasteiger partial charge in [-0.25, -0.2) is 0 Å². The second-order valence-corrected chi connectivity index (χ2v) is 5.59. The predicted molar refractivity (Wildman–Crippen MR) is 85.0 cm³/mol. The van der Waals surface area contributed by atoms with E-state index in [0.29, 0.717) is 26.2 Å². The molecule has 0 spiro atoms. The first kappa shape index (κ1) is 18.6. The van der Waals surface area contributed by atoms with Crippen LogP contribution in [0.5, 0.6) is 5.75 Å². The lowest BCUT2D eigenvalue weighted by atomic mass is 10.2. The molecule has 3 N–H and O–H groups in total. The summed E-state index contributed by atoms with van der Waals surface area (Å²) in [4.78, 5) is 15.6. The number of pyridine rings is 1. The highest BCUT2D eigenvalue weighted by Crippen LogP contribution is 2.09. The van der Waals surface area contributed by atoms with E-state index in [2.05, 4.69) is 4.90 Å². The molecule has 1 heterocycles. The Hall–Kier alpha value is -1.41. The van der Waals surface area contributed by atoms with E-state index >= 15 is 0 Å². The van der Waals surface area contributed by atoms with E-state index in [1.165, 1.54) is 12.3 Å². The summed E-state index contributed by atoms with van der Waals surface area (Å²) < 4.78 is 1.86. The minimum atomic E-state index is -0.410. The molecular formula is C15H27N3O4. The van der Waals surface area contributed by atoms with E-state index in [1.807, 2.05) is 23.6 Å². The minimum Gasteiger partial charge on any atom is -0.503 e. The third kappa shape index (κ3) is 6.15. The number of aliphatic hydroxyl groups excluding tert-OH is 2. The zero-order valence-corrected chi connectivity index (χ0v) is 13.4. The summed E-state index contributed by atoms with van der Waals surface area (Å²) >= 11 is 0. The molecule has 22 heavy (non-hydrogen) atoms. The molecule has 0 fully saturated rings. The second kappa shape index (κ2) is 9.58. The van der Waals surface area contributed by atoms with Gasteiger partial charge in [-0.2, -0.15) is 0 Å². The van der Waals surface area contributed by atoms with Crippen LogP contribution in [-0.4, -0.2) is 76.6 Å². The molecule has 0 radical (unpaired) electrons. The molecule has 0 saturated carbocycles. The van der Waals surface area contributed by atoms with Crippen LogP contribution in [0.4, 0.5) is 0 Å². The fraction of sp³-hybridized carbons (Fsp3) is 0.667. The van der Waals surface area contributed by atoms with Gasteiger partial charge in [0, 0.05) is 37.9 Å². The van der Waals surface area contributed by atoms with Gasteiger partial charge in [0.15, 0.2) is 5.75 Å². The highest BCUT2D eigenvalue weighted by Gasteiger charge is 2.11. The molecule has 0 saturated heterocycles. The van der Waals surface area contributed by atoms with Crippen LogP contribution in [0.15, 0.2) is 17.1 Å². The number of aromatic nitrogens is 1. The molecule has 0 amide bonds. The van der Waals surface area contributed by atoms with Gasteiger partial charge in [-0.15, -0.1) is 0 Å². The van der Waals surface area contributed by atoms with E-state index in [-0.39, 0.29) is 19.0 Å². The Morgan fingerprint density at radius 3 is 2.32 bits per heavy atom. The average molecular weight is 313 g/mol. The summed E-state index contributed by atoms with van der Waals surface area (Å²) in [5.41, 5.74) is 0.357. The number of aryl methyl sites for hydroxylation is 1. The monoisotopic (exact) mass is 313 g/mol. The molecule has 0 aliphatic carbocycles. The molecule has 0 unspecified atom stereocenters. The molecule has 126 valence electrons. The summed E-state index contributed by atoms with van der Waals surface area (Å²) in [5.74, 6) is -0.260. The SMILES string of the molecule is CN(C)CCCn1cc(O)c(=O)cc1CN(CCO)CCO. The van der Waals surface area contributed by atoms with Crippen molar-refractivity contribution < 1.29 is 15.3 Å². The highest BCUT2D eigenvalue weighted by atomic mass is 16.3. The standard InChI is InChI=1S/C15H27N3O4/c1-16(2)4-3-5-18-12-15(22)14(21)10-13(18)11-17(6-8-19)7-9-20/h10,12,19-20,22H,3-9,11H2,1-2H3. The van der Waals surface area contributed by atoms with Gasteiger partial charge in [-0.3, -0.25) is 9.69 Å². The van der Waals surface area contributed by atoms with E-state index in [4.69, 9.17) is 10.2 Å². The van der Waals surface area contributed by atoms with Crippen LogP contribution in [0.25, 0.3) is 0 Å². The summed E-state index contributed by atoms with van der Waals surface area (Å²) in [6.45, 7) is 2.86. The van der Waals surface area contributed by atoms with Crippen LogP contribution < -0.4 is 5.43 Å². The number of rotatable bonds is 10. The fourth-order valence-electron chi connectivity index (χ4n) is 2.29. The van der Waals surface area contributed by atoms with Crippen molar-refractivity contribution >= 4 is 0 Å². The highest BCUT2D eigenvalue weighted by molar-refractivity contribution is 5.20. The van der Waals surface area contributed by atoms with Gasteiger partial charge < -0.3 is 24.8 Å². The zero-order chi connectivity index (χ0) is 16.5. The van der Waals surface area contributed by atoms with Gasteiger partial charge in [0.2, 0.25) is 5.43 Å². The van der Waals surface area contributed by atoms with E-state index in [0.717, 1.165) is 18.7 Å². The number of hydrogen-bond donors (Lipinski definition) is 3. The molecule has 0 aliphatic heterocycles. The first-order chi connectivity index (χ1) is 10.5. The van der Waals surface area contributed by atoms with Gasteiger partial charge in [-0.05, 0) is 27.1 Å². The van der Waals surface area contributed by atoms with E-state index < -0.39 is 5.43 Å². The number of aliphatic hydroxyl groups is 2. The molecule has 1 aromatic heterocycles. The lowest BCUT2D eigenvalue weighted by Crippen LogP contribution is -2.31. The van der Waals surface area contributed by atoms with Crippen molar-refractivity contribution in [2.75, 3.05) is 46.9 Å². The second-order valence-electron chi connectivity index (χ2n) is 5.59. The van der Waals surface area contributed by atoms with Crippen molar-refractivity contribution in [1.29, 1.82) is 0 Å². The van der Waals surface area contributed by atoms with Crippen molar-refractivity contribution in [3.8, 4) is 5.75 Å². The van der Waals surface area contributed by atoms with Crippen LogP contribution in [0.1, 0.15) is 12.1 Å². The molecule has 7 heteroatoms. The Balaban J connectivity index is 2.89. The van der Waals surface area contributed by atoms with Gasteiger partial charge >= 0.3 is 0 Å². The Kier molecular flexibility index (Phi) is 8.11. The van der Waals surface area contributed by atoms with Gasteiger partial charge in [0.05, 0.1) is 19.4 Å².